The molecule has 2 saturated heterocycles. The third-order valence-electron chi connectivity index (χ3n) is 4.35. The first kappa shape index (κ1) is 13.2. The molecule has 2 spiro atoms. The van der Waals surface area contributed by atoms with Crippen LogP contribution in [0.3, 0.4) is 0 Å². The molecule has 0 aromatic heterocycles. The summed E-state index contributed by atoms with van der Waals surface area (Å²) < 4.78 is 11.5. The van der Waals surface area contributed by atoms with Gasteiger partial charge >= 0.3 is 0 Å². The van der Waals surface area contributed by atoms with Gasteiger partial charge in [0.05, 0.1) is 6.61 Å². The number of hydrogen-bond donors (Lipinski definition) is 1. The average molecular weight is 277 g/mol. The van der Waals surface area contributed by atoms with Gasteiger partial charge in [-0.3, -0.25) is 9.69 Å². The summed E-state index contributed by atoms with van der Waals surface area (Å²) in [5.41, 5.74) is 4.67. The van der Waals surface area contributed by atoms with Gasteiger partial charge in [0.25, 0.3) is 5.91 Å². The highest BCUT2D eigenvalue weighted by Gasteiger charge is 2.58. The Hall–Kier alpha value is -1.82. The Labute approximate surface area is 117 Å². The maximum absolute atomic E-state index is 12.6. The SMILES string of the molecule is C=C1OC2(CCCOC2)CC2(N=C(N)N(C)C2=O)C1=C. The third-order valence-corrected chi connectivity index (χ3v) is 4.35. The van der Waals surface area contributed by atoms with Crippen LogP contribution >= 0.6 is 0 Å². The predicted molar refractivity (Wildman–Crippen MR) is 73.9 cm³/mol. The molecule has 2 fully saturated rings. The lowest BCUT2D eigenvalue weighted by atomic mass is 9.74. The predicted octanol–water partition coefficient (Wildman–Crippen LogP) is 0.551. The molecule has 2 unspecified atom stereocenters. The number of carbonyl (C=O) groups is 1. The zero-order valence-corrected chi connectivity index (χ0v) is 11.6. The van der Waals surface area contributed by atoms with Crippen LogP contribution in [0, 0.1) is 0 Å². The molecule has 6 heteroatoms. The number of likely N-dealkylation sites (N-methyl/N-ethyl adjacent to an activating group) is 1. The molecule has 3 heterocycles. The normalized spacial score (nSPS) is 37.5. The Morgan fingerprint density at radius 3 is 2.75 bits per heavy atom. The highest BCUT2D eigenvalue weighted by atomic mass is 16.5. The van der Waals surface area contributed by atoms with E-state index in [9.17, 15) is 4.79 Å². The van der Waals surface area contributed by atoms with Crippen molar-refractivity contribution in [2.24, 2.45) is 10.7 Å². The van der Waals surface area contributed by atoms with Gasteiger partial charge in [-0.05, 0) is 12.8 Å². The Bertz CT molecular complexity index is 534. The Morgan fingerprint density at radius 2 is 2.20 bits per heavy atom. The number of nitrogens with two attached hydrogens (primary N) is 1. The van der Waals surface area contributed by atoms with Crippen LogP contribution < -0.4 is 5.73 Å². The van der Waals surface area contributed by atoms with E-state index in [1.54, 1.807) is 7.05 Å². The molecule has 108 valence electrons. The first-order valence-corrected chi connectivity index (χ1v) is 6.69. The van der Waals surface area contributed by atoms with E-state index in [-0.39, 0.29) is 11.9 Å². The van der Waals surface area contributed by atoms with E-state index in [1.807, 2.05) is 0 Å². The summed E-state index contributed by atoms with van der Waals surface area (Å²) in [6.07, 6.45) is 2.11. The van der Waals surface area contributed by atoms with E-state index < -0.39 is 11.1 Å². The third kappa shape index (κ3) is 1.61. The smallest absolute Gasteiger partial charge is 0.261 e. The minimum Gasteiger partial charge on any atom is -0.485 e. The zero-order valence-electron chi connectivity index (χ0n) is 11.6. The van der Waals surface area contributed by atoms with Crippen molar-refractivity contribution in [2.45, 2.75) is 30.4 Å². The van der Waals surface area contributed by atoms with Crippen molar-refractivity contribution in [3.8, 4) is 0 Å². The quantitative estimate of drug-likeness (QED) is 0.701. The van der Waals surface area contributed by atoms with Crippen LogP contribution in [0.2, 0.25) is 0 Å². The fourth-order valence-corrected chi connectivity index (χ4v) is 3.22. The van der Waals surface area contributed by atoms with Crippen molar-refractivity contribution >= 4 is 11.9 Å². The van der Waals surface area contributed by atoms with E-state index in [1.165, 1.54) is 4.90 Å². The van der Waals surface area contributed by atoms with Crippen LogP contribution in [0.1, 0.15) is 19.3 Å². The van der Waals surface area contributed by atoms with Crippen LogP contribution in [0.5, 0.6) is 0 Å². The molecular formula is C14H19N3O3. The van der Waals surface area contributed by atoms with Gasteiger partial charge in [-0.15, -0.1) is 0 Å². The molecule has 20 heavy (non-hydrogen) atoms. The van der Waals surface area contributed by atoms with Gasteiger partial charge in [-0.1, -0.05) is 13.2 Å². The standard InChI is InChI=1S/C14H19N3O3/c1-9-10(2)20-13(5-4-6-19-8-13)7-14(9)11(18)17(3)12(15)16-14/h1-2,4-8H2,3H3,(H2,15,16). The minimum absolute atomic E-state index is 0.172. The molecule has 0 aromatic rings. The lowest BCUT2D eigenvalue weighted by Crippen LogP contribution is -2.56. The Balaban J connectivity index is 2.03. The van der Waals surface area contributed by atoms with Crippen LogP contribution in [0.25, 0.3) is 0 Å². The van der Waals surface area contributed by atoms with Crippen molar-refractivity contribution < 1.29 is 14.3 Å². The number of ether oxygens (including phenoxy) is 2. The summed E-state index contributed by atoms with van der Waals surface area (Å²) in [5.74, 6) is 0.439. The minimum atomic E-state index is -1.07. The molecule has 6 nitrogen and oxygen atoms in total. The number of rotatable bonds is 0. The Kier molecular flexibility index (Phi) is 2.69. The lowest BCUT2D eigenvalue weighted by Gasteiger charge is -2.47. The molecule has 1 amide bonds. The van der Waals surface area contributed by atoms with Crippen molar-refractivity contribution in [1.29, 1.82) is 0 Å². The van der Waals surface area contributed by atoms with Crippen molar-refractivity contribution in [3.63, 3.8) is 0 Å². The summed E-state index contributed by atoms with van der Waals surface area (Å²) in [5, 5.41) is 0. The molecule has 3 aliphatic heterocycles. The van der Waals surface area contributed by atoms with E-state index in [4.69, 9.17) is 15.2 Å². The molecule has 0 radical (unpaired) electrons. The molecule has 2 N–H and O–H groups in total. The Morgan fingerprint density at radius 1 is 1.45 bits per heavy atom. The zero-order chi connectivity index (χ0) is 14.5. The van der Waals surface area contributed by atoms with Crippen LogP contribution in [0.4, 0.5) is 0 Å². The number of amides is 1. The first-order chi connectivity index (χ1) is 9.40. The number of aliphatic imine (C=N–C) groups is 1. The van der Waals surface area contributed by atoms with E-state index in [2.05, 4.69) is 18.2 Å². The molecule has 0 saturated carbocycles. The van der Waals surface area contributed by atoms with Crippen LogP contribution in [0.15, 0.2) is 29.5 Å². The topological polar surface area (TPSA) is 77.2 Å². The highest BCUT2D eigenvalue weighted by Crippen LogP contribution is 2.48. The summed E-state index contributed by atoms with van der Waals surface area (Å²) in [6.45, 7) is 8.99. The molecule has 0 aliphatic carbocycles. The summed E-state index contributed by atoms with van der Waals surface area (Å²) in [6, 6.07) is 0. The van der Waals surface area contributed by atoms with Gasteiger partial charge < -0.3 is 15.2 Å². The average Bonchev–Trinajstić information content (AvgIpc) is 2.62. The number of carbonyl (C=O) groups excluding carboxylic acids is 1. The van der Waals surface area contributed by atoms with E-state index >= 15 is 0 Å². The number of guanidine groups is 1. The van der Waals surface area contributed by atoms with Crippen molar-refractivity contribution in [1.82, 2.24) is 4.90 Å². The van der Waals surface area contributed by atoms with Gasteiger partial charge in [-0.25, -0.2) is 4.99 Å². The number of nitrogens with zero attached hydrogens (tertiary/aromatic N) is 2. The van der Waals surface area contributed by atoms with Gasteiger partial charge in [0.15, 0.2) is 11.5 Å². The second-order valence-corrected chi connectivity index (χ2v) is 5.71. The molecule has 3 rings (SSSR count). The highest BCUT2D eigenvalue weighted by molar-refractivity contribution is 6.09. The maximum atomic E-state index is 12.6. The maximum Gasteiger partial charge on any atom is 0.261 e. The summed E-state index contributed by atoms with van der Waals surface area (Å²) >= 11 is 0. The van der Waals surface area contributed by atoms with E-state index in [0.717, 1.165) is 12.8 Å². The summed E-state index contributed by atoms with van der Waals surface area (Å²) in [4.78, 5) is 18.4. The largest absolute Gasteiger partial charge is 0.485 e. The van der Waals surface area contributed by atoms with Crippen LogP contribution in [-0.4, -0.2) is 48.2 Å². The fraction of sp³-hybridized carbons (Fsp3) is 0.571. The van der Waals surface area contributed by atoms with E-state index in [0.29, 0.717) is 31.0 Å². The molecule has 2 atom stereocenters. The van der Waals surface area contributed by atoms with Crippen molar-refractivity contribution in [2.75, 3.05) is 20.3 Å². The molecule has 0 aromatic carbocycles. The second-order valence-electron chi connectivity index (χ2n) is 5.71. The monoisotopic (exact) mass is 277 g/mol. The molecule has 3 aliphatic rings. The summed E-state index contributed by atoms with van der Waals surface area (Å²) in [7, 11) is 1.62. The van der Waals surface area contributed by atoms with Gasteiger partial charge in [0.1, 0.15) is 11.4 Å². The van der Waals surface area contributed by atoms with Crippen LogP contribution in [-0.2, 0) is 14.3 Å². The van der Waals surface area contributed by atoms with Gasteiger partial charge in [0.2, 0.25) is 0 Å². The van der Waals surface area contributed by atoms with Gasteiger partial charge in [-0.2, -0.15) is 0 Å². The fourth-order valence-electron chi connectivity index (χ4n) is 3.22. The van der Waals surface area contributed by atoms with Gasteiger partial charge in [0, 0.05) is 25.6 Å². The lowest BCUT2D eigenvalue weighted by molar-refractivity contribution is -0.145. The first-order valence-electron chi connectivity index (χ1n) is 6.69. The molecule has 0 bridgehead atoms. The second kappa shape index (κ2) is 4.09. The molecular weight excluding hydrogens is 258 g/mol. The van der Waals surface area contributed by atoms with Crippen molar-refractivity contribution in [3.05, 3.63) is 24.5 Å². The number of hydrogen-bond acceptors (Lipinski definition) is 5.